The average molecular weight is 522 g/mol. The monoisotopic (exact) mass is 521 g/mol. The van der Waals surface area contributed by atoms with Crippen molar-refractivity contribution < 1.29 is 38.1 Å². The molecule has 0 spiro atoms. The molecule has 0 aliphatic rings. The Morgan fingerprint density at radius 3 is 1.97 bits per heavy atom. The number of nitrogens with two attached hydrogens (primary N) is 1. The summed E-state index contributed by atoms with van der Waals surface area (Å²) in [5.74, 6) is -1.63. The van der Waals surface area contributed by atoms with Crippen molar-refractivity contribution >= 4 is 23.9 Å². The van der Waals surface area contributed by atoms with Gasteiger partial charge in [0.05, 0.1) is 7.11 Å². The van der Waals surface area contributed by atoms with Gasteiger partial charge in [-0.2, -0.15) is 0 Å². The van der Waals surface area contributed by atoms with Crippen molar-refractivity contribution in [3.05, 3.63) is 23.8 Å². The van der Waals surface area contributed by atoms with Gasteiger partial charge in [-0.25, -0.2) is 0 Å². The van der Waals surface area contributed by atoms with Gasteiger partial charge in [-0.3, -0.25) is 19.2 Å². The van der Waals surface area contributed by atoms with E-state index in [1.54, 1.807) is 13.0 Å². The molecule has 208 valence electrons. The summed E-state index contributed by atoms with van der Waals surface area (Å²) in [5.41, 5.74) is 5.52. The zero-order valence-corrected chi connectivity index (χ0v) is 23.3. The van der Waals surface area contributed by atoms with Crippen molar-refractivity contribution in [3.8, 4) is 11.5 Å². The lowest BCUT2D eigenvalue weighted by Crippen LogP contribution is -2.53. The quantitative estimate of drug-likeness (QED) is 0.261. The Balaban J connectivity index is 3.21. The second-order valence-electron chi connectivity index (χ2n) is 10.4. The van der Waals surface area contributed by atoms with Crippen LogP contribution in [0.1, 0.15) is 85.6 Å². The molecule has 0 fully saturated rings. The number of hydrogen-bond acceptors (Lipinski definition) is 9. The van der Waals surface area contributed by atoms with Crippen molar-refractivity contribution in [1.82, 2.24) is 0 Å². The van der Waals surface area contributed by atoms with E-state index in [1.807, 2.05) is 34.6 Å². The molecule has 0 saturated carbocycles. The van der Waals surface area contributed by atoms with Gasteiger partial charge in [0.2, 0.25) is 0 Å². The minimum absolute atomic E-state index is 0.00543. The fourth-order valence-corrected chi connectivity index (χ4v) is 3.78. The van der Waals surface area contributed by atoms with Crippen LogP contribution >= 0.6 is 0 Å². The lowest BCUT2D eigenvalue weighted by Gasteiger charge is -2.29. The van der Waals surface area contributed by atoms with Gasteiger partial charge in [-0.05, 0) is 42.9 Å². The molecule has 2 atom stereocenters. The lowest BCUT2D eigenvalue weighted by molar-refractivity contribution is -0.155. The second kappa shape index (κ2) is 15.3. The van der Waals surface area contributed by atoms with Crippen LogP contribution in [0.3, 0.4) is 0 Å². The average Bonchev–Trinajstić information content (AvgIpc) is 2.77. The van der Waals surface area contributed by atoms with Gasteiger partial charge in [0.15, 0.2) is 11.5 Å². The van der Waals surface area contributed by atoms with Gasteiger partial charge in [-0.15, -0.1) is 0 Å². The van der Waals surface area contributed by atoms with Crippen LogP contribution in [-0.4, -0.2) is 42.6 Å². The van der Waals surface area contributed by atoms with Gasteiger partial charge in [0.25, 0.3) is 0 Å². The molecule has 1 aromatic carbocycles. The highest BCUT2D eigenvalue weighted by molar-refractivity contribution is 5.81. The molecule has 9 heteroatoms. The molecule has 0 aliphatic heterocycles. The van der Waals surface area contributed by atoms with Crippen molar-refractivity contribution in [1.29, 1.82) is 0 Å². The molecule has 0 aromatic heterocycles. The minimum atomic E-state index is -1.52. The Hall–Kier alpha value is -2.94. The van der Waals surface area contributed by atoms with Crippen LogP contribution in [0, 0.1) is 11.8 Å². The summed E-state index contributed by atoms with van der Waals surface area (Å²) >= 11 is 0. The summed E-state index contributed by atoms with van der Waals surface area (Å²) in [4.78, 5) is 49.4. The Morgan fingerprint density at radius 1 is 0.892 bits per heavy atom. The summed E-state index contributed by atoms with van der Waals surface area (Å²) in [6, 6.07) is 4.68. The maximum absolute atomic E-state index is 12.7. The molecular weight excluding hydrogens is 478 g/mol. The summed E-state index contributed by atoms with van der Waals surface area (Å²) in [6.07, 6.45) is 1.63. The van der Waals surface area contributed by atoms with E-state index < -0.39 is 29.6 Å². The number of carbonyl (C=O) groups excluding carboxylic acids is 4. The highest BCUT2D eigenvalue weighted by Gasteiger charge is 2.38. The molecule has 2 N–H and O–H groups in total. The minimum Gasteiger partial charge on any atom is -0.468 e. The van der Waals surface area contributed by atoms with Crippen molar-refractivity contribution in [3.63, 3.8) is 0 Å². The first-order valence-corrected chi connectivity index (χ1v) is 12.9. The smallest absolute Gasteiger partial charge is 0.326 e. The van der Waals surface area contributed by atoms with E-state index in [9.17, 15) is 19.2 Å². The molecule has 0 bridgehead atoms. The van der Waals surface area contributed by atoms with Gasteiger partial charge in [-0.1, -0.05) is 47.1 Å². The maximum Gasteiger partial charge on any atom is 0.326 e. The summed E-state index contributed by atoms with van der Waals surface area (Å²) < 4.78 is 21.4. The Kier molecular flexibility index (Phi) is 13.3. The fraction of sp³-hybridized carbons (Fsp3) is 0.643. The molecule has 0 saturated heterocycles. The Morgan fingerprint density at radius 2 is 1.46 bits per heavy atom. The third kappa shape index (κ3) is 11.8. The summed E-state index contributed by atoms with van der Waals surface area (Å²) in [5, 5.41) is 0. The number of rotatable bonds is 15. The Labute approximate surface area is 220 Å². The van der Waals surface area contributed by atoms with E-state index in [1.165, 1.54) is 19.2 Å². The van der Waals surface area contributed by atoms with Crippen LogP contribution in [0.5, 0.6) is 11.5 Å². The number of esters is 4. The van der Waals surface area contributed by atoms with Crippen molar-refractivity contribution in [2.45, 2.75) is 98.1 Å². The summed E-state index contributed by atoms with van der Waals surface area (Å²) in [6.45, 7) is 11.2. The third-order valence-electron chi connectivity index (χ3n) is 5.44. The number of unbranched alkanes of at least 4 members (excludes halogenated alkanes) is 1. The maximum atomic E-state index is 12.7. The number of carbonyl (C=O) groups is 4. The predicted molar refractivity (Wildman–Crippen MR) is 139 cm³/mol. The summed E-state index contributed by atoms with van der Waals surface area (Å²) in [7, 11) is 1.23. The van der Waals surface area contributed by atoms with E-state index in [2.05, 4.69) is 0 Å². The van der Waals surface area contributed by atoms with Crippen LogP contribution < -0.4 is 15.2 Å². The van der Waals surface area contributed by atoms with Crippen molar-refractivity contribution in [2.75, 3.05) is 7.11 Å². The molecule has 0 radical (unpaired) electrons. The molecule has 1 aromatic rings. The van der Waals surface area contributed by atoms with Crippen LogP contribution in [0.15, 0.2) is 18.2 Å². The molecular formula is C28H43NO8. The molecule has 37 heavy (non-hydrogen) atoms. The van der Waals surface area contributed by atoms with Gasteiger partial charge >= 0.3 is 23.9 Å². The van der Waals surface area contributed by atoms with Gasteiger partial charge in [0, 0.05) is 32.1 Å². The first-order valence-electron chi connectivity index (χ1n) is 12.9. The van der Waals surface area contributed by atoms with E-state index in [0.717, 1.165) is 6.42 Å². The molecule has 0 aliphatic carbocycles. The number of benzene rings is 1. The zero-order chi connectivity index (χ0) is 28.2. The Bertz CT molecular complexity index is 927. The van der Waals surface area contributed by atoms with Crippen LogP contribution in [0.2, 0.25) is 0 Å². The normalized spacial score (nSPS) is 13.6. The fourth-order valence-electron chi connectivity index (χ4n) is 3.78. The van der Waals surface area contributed by atoms with Gasteiger partial charge < -0.3 is 24.7 Å². The first-order chi connectivity index (χ1) is 17.3. The molecule has 1 rings (SSSR count). The third-order valence-corrected chi connectivity index (χ3v) is 5.44. The van der Waals surface area contributed by atoms with Crippen LogP contribution in [0.4, 0.5) is 0 Å². The predicted octanol–water partition coefficient (Wildman–Crippen LogP) is 4.51. The lowest BCUT2D eigenvalue weighted by atomic mass is 9.86. The zero-order valence-electron chi connectivity index (χ0n) is 23.3. The molecule has 9 nitrogen and oxygen atoms in total. The number of hydrogen-bond donors (Lipinski definition) is 1. The van der Waals surface area contributed by atoms with Crippen LogP contribution in [0.25, 0.3) is 0 Å². The molecule has 0 heterocycles. The highest BCUT2D eigenvalue weighted by atomic mass is 16.6. The number of methoxy groups -OCH3 is 1. The number of ether oxygens (including phenoxy) is 4. The topological polar surface area (TPSA) is 131 Å². The SMILES string of the molecule is CCCCC(=O)OC(C)C[C@@](N)(Cc1ccc(OC(=O)CC(C)C)c(OC(=O)CC(C)C)c1)C(=O)OC. The van der Waals surface area contributed by atoms with E-state index in [4.69, 9.17) is 24.7 Å². The van der Waals surface area contributed by atoms with Crippen LogP contribution in [-0.2, 0) is 35.1 Å². The van der Waals surface area contributed by atoms with E-state index in [-0.39, 0.29) is 55.0 Å². The first kappa shape index (κ1) is 32.1. The van der Waals surface area contributed by atoms with Crippen molar-refractivity contribution in [2.24, 2.45) is 17.6 Å². The van der Waals surface area contributed by atoms with E-state index >= 15 is 0 Å². The highest BCUT2D eigenvalue weighted by Crippen LogP contribution is 2.32. The van der Waals surface area contributed by atoms with E-state index in [0.29, 0.717) is 18.4 Å². The molecule has 0 amide bonds. The van der Waals surface area contributed by atoms with Gasteiger partial charge in [0.1, 0.15) is 11.6 Å². The standard InChI is InChI=1S/C28H43NO8/c1-8-9-10-24(30)35-20(6)16-28(29,27(33)34-7)17-21-11-12-22(36-25(31)13-18(2)3)23(15-21)37-26(32)14-19(4)5/h11-12,15,18-20H,8-10,13-14,16-17,29H2,1-7H3/t20?,28-/m1/s1. The second-order valence-corrected chi connectivity index (χ2v) is 10.4. The molecule has 1 unspecified atom stereocenters. The largest absolute Gasteiger partial charge is 0.468 e.